The van der Waals surface area contributed by atoms with Gasteiger partial charge >= 0.3 is 6.03 Å². The summed E-state index contributed by atoms with van der Waals surface area (Å²) in [5.74, 6) is 1.02. The number of ether oxygens (including phenoxy) is 1. The first-order valence-corrected chi connectivity index (χ1v) is 13.3. The molecule has 3 amide bonds. The van der Waals surface area contributed by atoms with Crippen LogP contribution in [0, 0.1) is 5.92 Å². The van der Waals surface area contributed by atoms with Crippen molar-refractivity contribution in [1.29, 1.82) is 0 Å². The first-order chi connectivity index (χ1) is 17.8. The van der Waals surface area contributed by atoms with E-state index in [4.69, 9.17) is 4.74 Å². The second kappa shape index (κ2) is 10.3. The predicted molar refractivity (Wildman–Crippen MR) is 141 cm³/mol. The number of benzene rings is 1. The van der Waals surface area contributed by atoms with Gasteiger partial charge in [-0.15, -0.1) is 0 Å². The Labute approximate surface area is 219 Å². The highest BCUT2D eigenvalue weighted by molar-refractivity contribution is 5.94. The number of methoxy groups -OCH3 is 1. The van der Waals surface area contributed by atoms with Crippen LogP contribution in [-0.2, 0) is 10.3 Å². The number of urea groups is 1. The van der Waals surface area contributed by atoms with Crippen molar-refractivity contribution in [3.05, 3.63) is 48.3 Å². The summed E-state index contributed by atoms with van der Waals surface area (Å²) in [6, 6.07) is 10.7. The van der Waals surface area contributed by atoms with Crippen LogP contribution in [-0.4, -0.2) is 83.0 Å². The van der Waals surface area contributed by atoms with Gasteiger partial charge in [0.25, 0.3) is 0 Å². The average molecular weight is 507 g/mol. The zero-order valence-electron chi connectivity index (χ0n) is 22.2. The fourth-order valence-electron chi connectivity index (χ4n) is 6.35. The van der Waals surface area contributed by atoms with Crippen LogP contribution in [0.15, 0.2) is 42.7 Å². The Morgan fingerprint density at radius 2 is 1.84 bits per heavy atom. The van der Waals surface area contributed by atoms with Crippen molar-refractivity contribution in [1.82, 2.24) is 24.7 Å². The van der Waals surface area contributed by atoms with Crippen molar-refractivity contribution in [2.75, 3.05) is 46.2 Å². The maximum Gasteiger partial charge on any atom is 0.321 e. The second-order valence-corrected chi connectivity index (χ2v) is 11.1. The molecule has 9 nitrogen and oxygen atoms in total. The molecule has 2 heterocycles. The topological polar surface area (TPSA) is 90.9 Å². The molecule has 3 aliphatic rings. The van der Waals surface area contributed by atoms with Gasteiger partial charge in [0.1, 0.15) is 6.54 Å². The predicted octanol–water partition coefficient (Wildman–Crippen LogP) is 3.73. The van der Waals surface area contributed by atoms with Gasteiger partial charge in [0.05, 0.1) is 25.0 Å². The monoisotopic (exact) mass is 506 g/mol. The van der Waals surface area contributed by atoms with Crippen LogP contribution in [0.1, 0.15) is 50.5 Å². The molecule has 2 aliphatic carbocycles. The minimum Gasteiger partial charge on any atom is -0.480 e. The van der Waals surface area contributed by atoms with E-state index in [0.717, 1.165) is 32.2 Å². The fraction of sp³-hybridized carbons (Fsp3) is 0.571. The molecule has 0 atom stereocenters. The van der Waals surface area contributed by atoms with E-state index in [9.17, 15) is 9.59 Å². The van der Waals surface area contributed by atoms with E-state index in [1.807, 2.05) is 0 Å². The van der Waals surface area contributed by atoms with Crippen molar-refractivity contribution in [3.8, 4) is 5.88 Å². The fourth-order valence-corrected chi connectivity index (χ4v) is 6.35. The molecule has 2 saturated carbocycles. The number of nitrogens with one attached hydrogen (secondary N) is 1. The van der Waals surface area contributed by atoms with Crippen LogP contribution in [0.2, 0.25) is 0 Å². The van der Waals surface area contributed by atoms with Gasteiger partial charge in [0.2, 0.25) is 11.8 Å². The number of carbonyl (C=O) groups is 2. The normalized spacial score (nSPS) is 26.0. The number of nitrogens with zero attached hydrogens (tertiary/aromatic N) is 5. The number of carbonyl (C=O) groups excluding carboxylic acids is 2. The van der Waals surface area contributed by atoms with Crippen molar-refractivity contribution in [2.24, 2.45) is 5.92 Å². The van der Waals surface area contributed by atoms with Gasteiger partial charge in [-0.2, -0.15) is 0 Å². The third kappa shape index (κ3) is 4.89. The van der Waals surface area contributed by atoms with Crippen LogP contribution in [0.4, 0.5) is 10.6 Å². The van der Waals surface area contributed by atoms with Crippen molar-refractivity contribution in [2.45, 2.75) is 56.0 Å². The van der Waals surface area contributed by atoms with Crippen molar-refractivity contribution >= 4 is 17.8 Å². The molecule has 1 spiro atoms. The smallest absolute Gasteiger partial charge is 0.321 e. The summed E-state index contributed by atoms with van der Waals surface area (Å²) in [6.07, 6.45) is 10.3. The SMILES string of the molecule is COc1cnc(NC(=O)CN2C[C@]3(CC[C@](c4ccccc4)(N(C)C)CC3)N(CC3CCC3)C2=O)cn1. The van der Waals surface area contributed by atoms with E-state index in [1.54, 1.807) is 4.90 Å². The Bertz CT molecular complexity index is 1090. The Balaban J connectivity index is 1.32. The number of rotatable bonds is 8. The lowest BCUT2D eigenvalue weighted by atomic mass is 9.68. The molecule has 1 aromatic carbocycles. The van der Waals surface area contributed by atoms with Gasteiger partial charge in [0, 0.05) is 18.6 Å². The zero-order chi connectivity index (χ0) is 26.0. The molecular weight excluding hydrogens is 468 g/mol. The molecule has 0 unspecified atom stereocenters. The maximum absolute atomic E-state index is 13.7. The van der Waals surface area contributed by atoms with E-state index >= 15 is 0 Å². The molecule has 0 radical (unpaired) electrons. The first-order valence-electron chi connectivity index (χ1n) is 13.3. The number of amides is 3. The van der Waals surface area contributed by atoms with Gasteiger partial charge in [-0.05, 0) is 64.1 Å². The molecule has 37 heavy (non-hydrogen) atoms. The quantitative estimate of drug-likeness (QED) is 0.587. The minimum atomic E-state index is -0.267. The van der Waals surface area contributed by atoms with E-state index in [-0.39, 0.29) is 29.6 Å². The minimum absolute atomic E-state index is 0.00691. The third-order valence-corrected chi connectivity index (χ3v) is 8.84. The standard InChI is InChI=1S/C28H38N6O3/c1-32(2)28(22-10-5-4-6-11-22)14-12-27(13-15-28)20-33(26(36)34(27)18-21-8-7-9-21)19-24(35)31-23-16-30-25(37-3)17-29-23/h4-6,10-11,16-17,21H,7-9,12-15,18-20H2,1-3H3,(H,29,31,35)/t27-,28+. The van der Waals surface area contributed by atoms with E-state index in [0.29, 0.717) is 24.2 Å². The van der Waals surface area contributed by atoms with Crippen LogP contribution in [0.3, 0.4) is 0 Å². The van der Waals surface area contributed by atoms with E-state index in [2.05, 4.69) is 69.5 Å². The number of hydrogen-bond donors (Lipinski definition) is 1. The summed E-state index contributed by atoms with van der Waals surface area (Å²) >= 11 is 0. The van der Waals surface area contributed by atoms with Crippen LogP contribution >= 0.6 is 0 Å². The molecular formula is C28H38N6O3. The number of hydrogen-bond acceptors (Lipinski definition) is 6. The van der Waals surface area contributed by atoms with Gasteiger partial charge in [-0.3, -0.25) is 9.69 Å². The van der Waals surface area contributed by atoms with Crippen molar-refractivity contribution < 1.29 is 14.3 Å². The summed E-state index contributed by atoms with van der Waals surface area (Å²) in [4.78, 5) is 41.1. The van der Waals surface area contributed by atoms with Crippen LogP contribution < -0.4 is 10.1 Å². The lowest BCUT2D eigenvalue weighted by Gasteiger charge is -2.51. The zero-order valence-corrected chi connectivity index (χ0v) is 22.2. The molecule has 9 heteroatoms. The summed E-state index contributed by atoms with van der Waals surface area (Å²) in [7, 11) is 5.84. The maximum atomic E-state index is 13.7. The third-order valence-electron chi connectivity index (χ3n) is 8.84. The Hall–Kier alpha value is -3.20. The Morgan fingerprint density at radius 1 is 1.11 bits per heavy atom. The number of anilines is 1. The molecule has 1 N–H and O–H groups in total. The average Bonchev–Trinajstić information content (AvgIpc) is 3.12. The highest BCUT2D eigenvalue weighted by Crippen LogP contribution is 2.49. The lowest BCUT2D eigenvalue weighted by molar-refractivity contribution is -0.116. The summed E-state index contributed by atoms with van der Waals surface area (Å²) in [5.41, 5.74) is 1.05. The highest BCUT2D eigenvalue weighted by Gasteiger charge is 2.55. The highest BCUT2D eigenvalue weighted by atomic mass is 16.5. The molecule has 3 fully saturated rings. The molecule has 1 saturated heterocycles. The van der Waals surface area contributed by atoms with Gasteiger partial charge in [0.15, 0.2) is 5.82 Å². The Kier molecular flexibility index (Phi) is 7.07. The summed E-state index contributed by atoms with van der Waals surface area (Å²) in [6.45, 7) is 1.38. The Morgan fingerprint density at radius 3 is 2.41 bits per heavy atom. The molecule has 1 aromatic heterocycles. The molecule has 5 rings (SSSR count). The molecule has 0 bridgehead atoms. The van der Waals surface area contributed by atoms with Gasteiger partial charge < -0.3 is 19.9 Å². The van der Waals surface area contributed by atoms with Gasteiger partial charge in [-0.1, -0.05) is 36.8 Å². The van der Waals surface area contributed by atoms with E-state index in [1.165, 1.54) is 44.3 Å². The molecule has 2 aromatic rings. The summed E-state index contributed by atoms with van der Waals surface area (Å²) in [5, 5.41) is 2.77. The van der Waals surface area contributed by atoms with Crippen molar-refractivity contribution in [3.63, 3.8) is 0 Å². The first kappa shape index (κ1) is 25.4. The van der Waals surface area contributed by atoms with Gasteiger partial charge in [-0.25, -0.2) is 14.8 Å². The largest absolute Gasteiger partial charge is 0.480 e. The van der Waals surface area contributed by atoms with E-state index < -0.39 is 0 Å². The lowest BCUT2D eigenvalue weighted by Crippen LogP contribution is -2.56. The molecule has 1 aliphatic heterocycles. The molecule has 198 valence electrons. The van der Waals surface area contributed by atoms with Crippen LogP contribution in [0.25, 0.3) is 0 Å². The second-order valence-electron chi connectivity index (χ2n) is 11.1. The number of aromatic nitrogens is 2. The summed E-state index contributed by atoms with van der Waals surface area (Å²) < 4.78 is 5.03. The van der Waals surface area contributed by atoms with Crippen LogP contribution in [0.5, 0.6) is 5.88 Å².